The van der Waals surface area contributed by atoms with Crippen molar-refractivity contribution >= 4 is 43.5 Å². The highest BCUT2D eigenvalue weighted by Crippen LogP contribution is 2.25. The molecule has 0 radical (unpaired) electrons. The van der Waals surface area contributed by atoms with Crippen molar-refractivity contribution < 1.29 is 23.4 Å². The molecule has 0 amide bonds. The molecule has 1 aromatic rings. The van der Waals surface area contributed by atoms with Gasteiger partial charge in [0.1, 0.15) is 0 Å². The van der Waals surface area contributed by atoms with Crippen LogP contribution in [0.15, 0.2) is 27.6 Å². The predicted octanol–water partition coefficient (Wildman–Crippen LogP) is 1.61. The Kier molecular flexibility index (Phi) is 5.56. The quantitative estimate of drug-likeness (QED) is 0.689. The van der Waals surface area contributed by atoms with E-state index in [-0.39, 0.29) is 4.90 Å². The molecular weight excluding hydrogens is 374 g/mol. The molecule has 0 aliphatic carbocycles. The van der Waals surface area contributed by atoms with Gasteiger partial charge in [-0.1, -0.05) is 11.6 Å². The lowest BCUT2D eigenvalue weighted by Crippen LogP contribution is -2.42. The van der Waals surface area contributed by atoms with Crippen LogP contribution in [0.5, 0.6) is 0 Å². The van der Waals surface area contributed by atoms with Gasteiger partial charge in [0.2, 0.25) is 10.0 Å². The van der Waals surface area contributed by atoms with Crippen LogP contribution in [-0.4, -0.2) is 36.7 Å². The Morgan fingerprint density at radius 3 is 2.60 bits per heavy atom. The fourth-order valence-corrected chi connectivity index (χ4v) is 3.20. The van der Waals surface area contributed by atoms with Crippen molar-refractivity contribution in [3.05, 3.63) is 27.7 Å². The lowest BCUT2D eigenvalue weighted by atomic mass is 10.0. The van der Waals surface area contributed by atoms with Gasteiger partial charge in [-0.15, -0.1) is 0 Å². The fraction of sp³-hybridized carbons (Fsp3) is 0.364. The standard InChI is InChI=1S/C11H13BrClNO5S/c1-11(17,5-10(15)16)6-14-20(18,19)7-2-3-9(13)8(12)4-7/h2-4,14,17H,5-6H2,1H3,(H,15,16). The van der Waals surface area contributed by atoms with Gasteiger partial charge in [-0.05, 0) is 41.1 Å². The molecule has 0 aliphatic heterocycles. The van der Waals surface area contributed by atoms with E-state index in [0.717, 1.165) is 0 Å². The molecular formula is C11H13BrClNO5S. The third-order valence-electron chi connectivity index (χ3n) is 2.38. The van der Waals surface area contributed by atoms with E-state index >= 15 is 0 Å². The van der Waals surface area contributed by atoms with E-state index in [4.69, 9.17) is 16.7 Å². The molecule has 0 saturated heterocycles. The highest BCUT2D eigenvalue weighted by molar-refractivity contribution is 9.10. The summed E-state index contributed by atoms with van der Waals surface area (Å²) < 4.78 is 26.6. The summed E-state index contributed by atoms with van der Waals surface area (Å²) in [6, 6.07) is 4.04. The lowest BCUT2D eigenvalue weighted by molar-refractivity contribution is -0.141. The number of aliphatic carboxylic acids is 1. The van der Waals surface area contributed by atoms with E-state index in [2.05, 4.69) is 20.7 Å². The minimum Gasteiger partial charge on any atom is -0.481 e. The Hall–Kier alpha value is -0.670. The smallest absolute Gasteiger partial charge is 0.306 e. The normalized spacial score (nSPS) is 14.8. The SMILES string of the molecule is CC(O)(CNS(=O)(=O)c1ccc(Cl)c(Br)c1)CC(=O)O. The summed E-state index contributed by atoms with van der Waals surface area (Å²) in [6.07, 6.45) is -0.570. The van der Waals surface area contributed by atoms with Crippen LogP contribution in [0.1, 0.15) is 13.3 Å². The minimum absolute atomic E-state index is 0.0418. The van der Waals surface area contributed by atoms with Crippen LogP contribution >= 0.6 is 27.5 Å². The number of hydrogen-bond acceptors (Lipinski definition) is 4. The number of nitrogens with one attached hydrogen (secondary N) is 1. The second-order valence-corrected chi connectivity index (χ2v) is 7.50. The number of hydrogen-bond donors (Lipinski definition) is 3. The van der Waals surface area contributed by atoms with Crippen molar-refractivity contribution in [2.24, 2.45) is 0 Å². The molecule has 0 aromatic heterocycles. The first-order valence-corrected chi connectivity index (χ1v) is 8.08. The summed E-state index contributed by atoms with van der Waals surface area (Å²) >= 11 is 8.88. The zero-order chi connectivity index (χ0) is 15.6. The molecule has 1 unspecified atom stereocenters. The van der Waals surface area contributed by atoms with E-state index in [0.29, 0.717) is 9.50 Å². The third-order valence-corrected chi connectivity index (χ3v) is 4.99. The van der Waals surface area contributed by atoms with Crippen molar-refractivity contribution in [3.8, 4) is 0 Å². The number of carboxylic acid groups (broad SMARTS) is 1. The topological polar surface area (TPSA) is 104 Å². The van der Waals surface area contributed by atoms with E-state index in [9.17, 15) is 18.3 Å². The van der Waals surface area contributed by atoms with Crippen LogP contribution in [0.2, 0.25) is 5.02 Å². The number of benzene rings is 1. The summed E-state index contributed by atoms with van der Waals surface area (Å²) in [6.45, 7) is 0.823. The Morgan fingerprint density at radius 2 is 2.10 bits per heavy atom. The molecule has 0 fully saturated rings. The number of carbonyl (C=O) groups is 1. The molecule has 6 nitrogen and oxygen atoms in total. The molecule has 9 heteroatoms. The maximum absolute atomic E-state index is 12.0. The summed E-state index contributed by atoms with van der Waals surface area (Å²) in [5.74, 6) is -1.22. The van der Waals surface area contributed by atoms with Gasteiger partial charge in [-0.25, -0.2) is 13.1 Å². The highest BCUT2D eigenvalue weighted by Gasteiger charge is 2.27. The number of rotatable bonds is 6. The maximum Gasteiger partial charge on any atom is 0.306 e. The van der Waals surface area contributed by atoms with Crippen LogP contribution in [0.4, 0.5) is 0 Å². The maximum atomic E-state index is 12.0. The Bertz CT molecular complexity index is 617. The van der Waals surface area contributed by atoms with E-state index in [1.807, 2.05) is 0 Å². The molecule has 1 atom stereocenters. The average Bonchev–Trinajstić information content (AvgIpc) is 2.29. The van der Waals surface area contributed by atoms with Crippen molar-refractivity contribution in [2.75, 3.05) is 6.54 Å². The molecule has 1 rings (SSSR count). The van der Waals surface area contributed by atoms with Gasteiger partial charge in [-0.3, -0.25) is 4.79 Å². The summed E-state index contributed by atoms with van der Waals surface area (Å²) in [7, 11) is -3.86. The molecule has 0 bridgehead atoms. The number of halogens is 2. The fourth-order valence-electron chi connectivity index (χ4n) is 1.37. The van der Waals surface area contributed by atoms with Gasteiger partial charge >= 0.3 is 5.97 Å². The van der Waals surface area contributed by atoms with Gasteiger partial charge in [0.25, 0.3) is 0 Å². The molecule has 112 valence electrons. The molecule has 1 aromatic carbocycles. The molecule has 0 saturated carbocycles. The summed E-state index contributed by atoms with van der Waals surface area (Å²) in [5.41, 5.74) is -1.68. The minimum atomic E-state index is -3.86. The Morgan fingerprint density at radius 1 is 1.50 bits per heavy atom. The largest absolute Gasteiger partial charge is 0.481 e. The summed E-state index contributed by atoms with van der Waals surface area (Å²) in [4.78, 5) is 10.5. The zero-order valence-electron chi connectivity index (χ0n) is 10.4. The van der Waals surface area contributed by atoms with Gasteiger partial charge < -0.3 is 10.2 Å². The van der Waals surface area contributed by atoms with Crippen LogP contribution in [0.25, 0.3) is 0 Å². The lowest BCUT2D eigenvalue weighted by Gasteiger charge is -2.21. The van der Waals surface area contributed by atoms with Crippen molar-refractivity contribution in [3.63, 3.8) is 0 Å². The van der Waals surface area contributed by atoms with Gasteiger partial charge in [0, 0.05) is 11.0 Å². The molecule has 0 spiro atoms. The molecule has 0 heterocycles. The average molecular weight is 387 g/mol. The van der Waals surface area contributed by atoms with Crippen LogP contribution < -0.4 is 4.72 Å². The van der Waals surface area contributed by atoms with Gasteiger partial charge in [-0.2, -0.15) is 0 Å². The number of carboxylic acids is 1. The first-order chi connectivity index (χ1) is 9.03. The van der Waals surface area contributed by atoms with Gasteiger partial charge in [0.15, 0.2) is 0 Å². The Labute approximate surface area is 129 Å². The third kappa shape index (κ3) is 5.02. The predicted molar refractivity (Wildman–Crippen MR) is 77.2 cm³/mol. The van der Waals surface area contributed by atoms with Gasteiger partial charge in [0.05, 0.1) is 21.9 Å². The molecule has 3 N–H and O–H groups in total. The first-order valence-electron chi connectivity index (χ1n) is 5.42. The molecule has 0 aliphatic rings. The van der Waals surface area contributed by atoms with Crippen molar-refractivity contribution in [1.29, 1.82) is 0 Å². The first kappa shape index (κ1) is 17.4. The van der Waals surface area contributed by atoms with Crippen LogP contribution in [0, 0.1) is 0 Å². The second-order valence-electron chi connectivity index (χ2n) is 4.47. The van der Waals surface area contributed by atoms with Crippen molar-refractivity contribution in [1.82, 2.24) is 4.72 Å². The highest BCUT2D eigenvalue weighted by atomic mass is 79.9. The number of sulfonamides is 1. The zero-order valence-corrected chi connectivity index (χ0v) is 13.6. The van der Waals surface area contributed by atoms with Crippen LogP contribution in [0.3, 0.4) is 0 Å². The van der Waals surface area contributed by atoms with Crippen molar-refractivity contribution in [2.45, 2.75) is 23.8 Å². The van der Waals surface area contributed by atoms with E-state index < -0.39 is 34.6 Å². The van der Waals surface area contributed by atoms with E-state index in [1.165, 1.54) is 25.1 Å². The monoisotopic (exact) mass is 385 g/mol. The van der Waals surface area contributed by atoms with E-state index in [1.54, 1.807) is 0 Å². The Balaban J connectivity index is 2.85. The second kappa shape index (κ2) is 6.40. The molecule has 20 heavy (non-hydrogen) atoms. The summed E-state index contributed by atoms with van der Waals surface area (Å²) in [5, 5.41) is 18.7. The number of aliphatic hydroxyl groups is 1. The van der Waals surface area contributed by atoms with Crippen LogP contribution in [-0.2, 0) is 14.8 Å².